The van der Waals surface area contributed by atoms with Gasteiger partial charge >= 0.3 is 12.1 Å². The Hall–Kier alpha value is -2.69. The first-order valence-corrected chi connectivity index (χ1v) is 15.1. The lowest BCUT2D eigenvalue weighted by Crippen LogP contribution is -2.44. The second kappa shape index (κ2) is 16.2. The van der Waals surface area contributed by atoms with E-state index < -0.39 is 18.8 Å². The normalized spacial score (nSPS) is 15.1. The van der Waals surface area contributed by atoms with Gasteiger partial charge in [-0.25, -0.2) is 9.78 Å². The summed E-state index contributed by atoms with van der Waals surface area (Å²) in [6.45, 7) is 12.7. The van der Waals surface area contributed by atoms with Crippen LogP contribution in [-0.4, -0.2) is 45.5 Å². The number of pyridine rings is 1. The summed E-state index contributed by atoms with van der Waals surface area (Å²) in [4.78, 5) is 18.9. The van der Waals surface area contributed by atoms with Crippen LogP contribution in [0.1, 0.15) is 139 Å². The summed E-state index contributed by atoms with van der Waals surface area (Å²) in [6.07, 6.45) is 10.3. The Kier molecular flexibility index (Phi) is 13.7. The molecule has 3 rings (SSSR count). The predicted octanol–water partition coefficient (Wildman–Crippen LogP) is 8.36. The number of hydrogen-bond acceptors (Lipinski definition) is 7. The van der Waals surface area contributed by atoms with Gasteiger partial charge in [0.25, 0.3) is 0 Å². The van der Waals surface area contributed by atoms with E-state index in [4.69, 9.17) is 9.63 Å². The van der Waals surface area contributed by atoms with Crippen molar-refractivity contribution in [2.24, 2.45) is 5.41 Å². The molecule has 1 saturated carbocycles. The first-order chi connectivity index (χ1) is 19.6. The number of nitrogens with zero attached hydrogens (tertiary/aromatic N) is 3. The lowest BCUT2D eigenvalue weighted by atomic mass is 9.80. The first kappa shape index (κ1) is 35.5. The van der Waals surface area contributed by atoms with Gasteiger partial charge in [-0.05, 0) is 50.5 Å². The molecule has 42 heavy (non-hydrogen) atoms. The number of halogens is 3. The summed E-state index contributed by atoms with van der Waals surface area (Å²) >= 11 is 0. The van der Waals surface area contributed by atoms with E-state index in [0.29, 0.717) is 11.5 Å². The molecule has 2 aromatic heterocycles. The van der Waals surface area contributed by atoms with Crippen LogP contribution in [0.5, 0.6) is 5.75 Å². The zero-order valence-corrected chi connectivity index (χ0v) is 26.1. The quantitative estimate of drug-likeness (QED) is 0.186. The maximum Gasteiger partial charge on any atom is 0.422 e. The van der Waals surface area contributed by atoms with E-state index in [2.05, 4.69) is 59.8 Å². The second-order valence-corrected chi connectivity index (χ2v) is 12.7. The summed E-state index contributed by atoms with van der Waals surface area (Å²) in [7, 11) is 0. The highest BCUT2D eigenvalue weighted by Crippen LogP contribution is 2.44. The molecule has 2 N–H and O–H groups in total. The van der Waals surface area contributed by atoms with Crippen molar-refractivity contribution in [2.75, 3.05) is 13.2 Å². The molecule has 2 heterocycles. The van der Waals surface area contributed by atoms with Crippen LogP contribution in [0.2, 0.25) is 0 Å². The number of carboxylic acid groups (broad SMARTS) is 1. The van der Waals surface area contributed by atoms with Crippen LogP contribution < -0.4 is 10.1 Å². The van der Waals surface area contributed by atoms with E-state index in [9.17, 15) is 18.0 Å². The van der Waals surface area contributed by atoms with Gasteiger partial charge in [0.05, 0.1) is 5.54 Å². The summed E-state index contributed by atoms with van der Waals surface area (Å²) < 4.78 is 46.2. The number of carbonyl (C=O) groups is 1. The fourth-order valence-corrected chi connectivity index (χ4v) is 4.98. The van der Waals surface area contributed by atoms with Crippen LogP contribution in [0.15, 0.2) is 16.8 Å². The zero-order valence-electron chi connectivity index (χ0n) is 26.1. The third kappa shape index (κ3) is 13.5. The molecule has 1 fully saturated rings. The maximum absolute atomic E-state index is 12.1. The Morgan fingerprint density at radius 2 is 1.69 bits per heavy atom. The number of ether oxygens (including phenoxy) is 1. The third-order valence-corrected chi connectivity index (χ3v) is 6.97. The molecule has 1 aliphatic carbocycles. The van der Waals surface area contributed by atoms with Crippen molar-refractivity contribution in [2.45, 2.75) is 130 Å². The Morgan fingerprint density at radius 1 is 1.07 bits per heavy atom. The van der Waals surface area contributed by atoms with Crippen molar-refractivity contribution < 1.29 is 32.3 Å². The van der Waals surface area contributed by atoms with Gasteiger partial charge in [-0.1, -0.05) is 77.8 Å². The fourth-order valence-electron chi connectivity index (χ4n) is 4.98. The molecule has 0 spiro atoms. The highest BCUT2D eigenvalue weighted by molar-refractivity contribution is 5.85. The summed E-state index contributed by atoms with van der Waals surface area (Å²) in [5, 5.41) is 16.6. The molecule has 0 bridgehead atoms. The number of aromatic carboxylic acids is 1. The molecule has 2 aromatic rings. The topological polar surface area (TPSA) is 110 Å². The van der Waals surface area contributed by atoms with Crippen molar-refractivity contribution in [1.29, 1.82) is 0 Å². The van der Waals surface area contributed by atoms with Gasteiger partial charge in [-0.2, -0.15) is 18.2 Å². The minimum atomic E-state index is -4.45. The number of unbranched alkanes of at least 4 members (excludes halogenated alkanes) is 7. The minimum absolute atomic E-state index is 0.0396. The number of alkyl halides is 3. The number of carboxylic acids is 1. The van der Waals surface area contributed by atoms with E-state index in [1.54, 1.807) is 0 Å². The Bertz CT molecular complexity index is 1100. The van der Waals surface area contributed by atoms with E-state index in [-0.39, 0.29) is 28.3 Å². The lowest BCUT2D eigenvalue weighted by molar-refractivity contribution is -0.153. The minimum Gasteiger partial charge on any atom is -0.484 e. The van der Waals surface area contributed by atoms with E-state index in [0.717, 1.165) is 37.7 Å². The molecule has 0 aliphatic heterocycles. The van der Waals surface area contributed by atoms with E-state index >= 15 is 0 Å². The third-order valence-electron chi connectivity index (χ3n) is 6.97. The Labute approximate surface area is 248 Å². The molecule has 8 nitrogen and oxygen atoms in total. The molecule has 0 saturated heterocycles. The Morgan fingerprint density at radius 3 is 2.19 bits per heavy atom. The van der Waals surface area contributed by atoms with Gasteiger partial charge in [-0.3, -0.25) is 0 Å². The fraction of sp³-hybridized carbons (Fsp3) is 0.742. The highest BCUT2D eigenvalue weighted by Gasteiger charge is 2.35. The number of hydrogen-bond donors (Lipinski definition) is 2. The van der Waals surface area contributed by atoms with Crippen LogP contribution >= 0.6 is 0 Å². The van der Waals surface area contributed by atoms with Crippen molar-refractivity contribution in [3.05, 3.63) is 35.2 Å². The first-order valence-electron chi connectivity index (χ1n) is 15.1. The molecule has 0 aromatic carbocycles. The van der Waals surface area contributed by atoms with E-state index in [1.165, 1.54) is 57.6 Å². The summed E-state index contributed by atoms with van der Waals surface area (Å²) in [5.41, 5.74) is 0.202. The molecule has 0 amide bonds. The van der Waals surface area contributed by atoms with Gasteiger partial charge in [0.15, 0.2) is 18.1 Å². The standard InChI is InChI=1S/C20H39N3O.C11H10F3NO3/c1-7-8-9-10-11-12-13-14-15-21-20(6,16-19(3,4)5)18-22-17(2)24-23-18;12-11(13,14)5-18-9-3-8(10(16)17)15-4-7(9)6-1-2-6/h21H,7-16H2,1-6H3;3-4,6H,1-2,5H2,(H,16,17)/t20-;/m0./s1. The van der Waals surface area contributed by atoms with E-state index in [1.807, 2.05) is 6.92 Å². The van der Waals surface area contributed by atoms with Gasteiger partial charge in [0, 0.05) is 24.8 Å². The molecule has 238 valence electrons. The smallest absolute Gasteiger partial charge is 0.422 e. The van der Waals surface area contributed by atoms with Crippen molar-refractivity contribution >= 4 is 5.97 Å². The van der Waals surface area contributed by atoms with Gasteiger partial charge in [-0.15, -0.1) is 0 Å². The van der Waals surface area contributed by atoms with Crippen molar-refractivity contribution in [3.63, 3.8) is 0 Å². The average molecular weight is 599 g/mol. The Balaban J connectivity index is 0.000000305. The predicted molar refractivity (Wildman–Crippen MR) is 156 cm³/mol. The van der Waals surface area contributed by atoms with Crippen LogP contribution in [0.4, 0.5) is 13.2 Å². The lowest BCUT2D eigenvalue weighted by Gasteiger charge is -2.34. The highest BCUT2D eigenvalue weighted by atomic mass is 19.4. The van der Waals surface area contributed by atoms with Crippen LogP contribution in [0, 0.1) is 12.3 Å². The summed E-state index contributed by atoms with van der Waals surface area (Å²) in [5.74, 6) is 0.216. The number of aromatic nitrogens is 3. The number of aryl methyl sites for hydroxylation is 1. The van der Waals surface area contributed by atoms with Crippen LogP contribution in [0.3, 0.4) is 0 Å². The number of nitrogens with one attached hydrogen (secondary N) is 1. The van der Waals surface area contributed by atoms with Gasteiger partial charge in [0.2, 0.25) is 5.89 Å². The van der Waals surface area contributed by atoms with Crippen molar-refractivity contribution in [1.82, 2.24) is 20.4 Å². The summed E-state index contributed by atoms with van der Waals surface area (Å²) in [6, 6.07) is 1.04. The molecular formula is C31H49F3N4O4. The molecule has 11 heteroatoms. The van der Waals surface area contributed by atoms with Crippen molar-refractivity contribution in [3.8, 4) is 5.75 Å². The van der Waals surface area contributed by atoms with Gasteiger partial charge < -0.3 is 19.7 Å². The maximum atomic E-state index is 12.1. The molecule has 0 radical (unpaired) electrons. The monoisotopic (exact) mass is 598 g/mol. The molecular weight excluding hydrogens is 549 g/mol. The molecule has 1 atom stereocenters. The molecule has 0 unspecified atom stereocenters. The largest absolute Gasteiger partial charge is 0.484 e. The van der Waals surface area contributed by atoms with Crippen LogP contribution in [-0.2, 0) is 5.54 Å². The van der Waals surface area contributed by atoms with Crippen LogP contribution in [0.25, 0.3) is 0 Å². The number of rotatable bonds is 16. The molecule has 1 aliphatic rings. The average Bonchev–Trinajstić information content (AvgIpc) is 3.64. The van der Waals surface area contributed by atoms with Gasteiger partial charge in [0.1, 0.15) is 5.75 Å². The SMILES string of the molecule is CCCCCCCCCCN[C@@](C)(CC(C)(C)C)c1noc(C)n1.O=C(O)c1cc(OCC(F)(F)F)c(C2CC2)cn1. The second-order valence-electron chi connectivity index (χ2n) is 12.7. The zero-order chi connectivity index (χ0) is 31.4.